The van der Waals surface area contributed by atoms with E-state index in [9.17, 15) is 22.4 Å². The highest BCUT2D eigenvalue weighted by Gasteiger charge is 2.33. The molecule has 11 heteroatoms. The molecule has 1 N–H and O–H groups in total. The van der Waals surface area contributed by atoms with Gasteiger partial charge in [0.2, 0.25) is 11.8 Å². The number of nitrogens with zero attached hydrogens (tertiary/aromatic N) is 2. The molecule has 2 amide bonds. The number of nitrogens with one attached hydrogen (secondary N) is 1. The van der Waals surface area contributed by atoms with Crippen LogP contribution in [-0.4, -0.2) is 43.8 Å². The smallest absolute Gasteiger partial charge is 0.264 e. The maximum Gasteiger partial charge on any atom is 0.264 e. The maximum absolute atomic E-state index is 14.1. The van der Waals surface area contributed by atoms with E-state index in [-0.39, 0.29) is 29.1 Å². The van der Waals surface area contributed by atoms with E-state index in [0.717, 1.165) is 66.2 Å². The first-order valence-electron chi connectivity index (χ1n) is 13.8. The van der Waals surface area contributed by atoms with Crippen LogP contribution < -0.4 is 9.62 Å². The highest BCUT2D eigenvalue weighted by molar-refractivity contribution is 7.92. The van der Waals surface area contributed by atoms with Crippen LogP contribution in [0, 0.1) is 12.7 Å². The summed E-state index contributed by atoms with van der Waals surface area (Å²) < 4.78 is 42.2. The molecule has 1 atom stereocenters. The van der Waals surface area contributed by atoms with Gasteiger partial charge in [0.15, 0.2) is 0 Å². The number of carbonyl (C=O) groups excluding carboxylic acids is 2. The number of aryl methyl sites for hydroxylation is 1. The molecule has 1 aliphatic carbocycles. The van der Waals surface area contributed by atoms with Crippen LogP contribution in [0.5, 0.6) is 0 Å². The Bertz CT molecular complexity index is 1510. The number of hydrogen-bond acceptors (Lipinski definition) is 4. The molecule has 0 heterocycles. The number of benzene rings is 3. The van der Waals surface area contributed by atoms with Gasteiger partial charge in [0.25, 0.3) is 10.0 Å². The fourth-order valence-electron chi connectivity index (χ4n) is 4.96. The number of anilines is 1. The summed E-state index contributed by atoms with van der Waals surface area (Å²) in [6, 6.07) is 15.0. The molecule has 1 fully saturated rings. The molecule has 1 saturated carbocycles. The van der Waals surface area contributed by atoms with Crippen LogP contribution in [0.4, 0.5) is 10.1 Å². The lowest BCUT2D eigenvalue weighted by Gasteiger charge is -2.33. The molecular weight excluding hydrogens is 600 g/mol. The molecule has 1 aliphatic rings. The van der Waals surface area contributed by atoms with E-state index in [4.69, 9.17) is 23.2 Å². The molecule has 3 aromatic rings. The van der Waals surface area contributed by atoms with E-state index in [1.54, 1.807) is 49.4 Å². The van der Waals surface area contributed by atoms with Crippen molar-refractivity contribution in [1.29, 1.82) is 0 Å². The zero-order valence-corrected chi connectivity index (χ0v) is 25.9. The lowest BCUT2D eigenvalue weighted by molar-refractivity contribution is -0.139. The van der Waals surface area contributed by atoms with Crippen molar-refractivity contribution in [2.24, 2.45) is 0 Å². The van der Waals surface area contributed by atoms with Crippen molar-refractivity contribution in [3.05, 3.63) is 93.7 Å². The van der Waals surface area contributed by atoms with Gasteiger partial charge in [-0.3, -0.25) is 13.9 Å². The molecule has 0 bridgehead atoms. The maximum atomic E-state index is 14.1. The second kappa shape index (κ2) is 13.9. The lowest BCUT2D eigenvalue weighted by atomic mass is 9.95. The highest BCUT2D eigenvalue weighted by atomic mass is 35.5. The van der Waals surface area contributed by atoms with Crippen molar-refractivity contribution < 1.29 is 22.4 Å². The molecule has 7 nitrogen and oxygen atoms in total. The monoisotopic (exact) mass is 633 g/mol. The standard InChI is InChI=1S/C31H34Cl2FN3O4S/c1-21-8-14-27(15-9-21)37(42(40,41)28-16-12-25(34)13-17-28)20-30(38)36(19-23-10-11-24(32)18-29(23)33)22(2)31(39)35-26-6-4-3-5-7-26/h8-18,22,26H,3-7,19-20H2,1-2H3,(H,35,39). The van der Waals surface area contributed by atoms with E-state index < -0.39 is 34.3 Å². The van der Waals surface area contributed by atoms with Crippen molar-refractivity contribution >= 4 is 50.7 Å². The van der Waals surface area contributed by atoms with Crippen LogP contribution in [0.3, 0.4) is 0 Å². The third-order valence-electron chi connectivity index (χ3n) is 7.48. The molecule has 42 heavy (non-hydrogen) atoms. The third-order valence-corrected chi connectivity index (χ3v) is 9.85. The zero-order chi connectivity index (χ0) is 30.4. The second-order valence-corrected chi connectivity index (χ2v) is 13.3. The number of rotatable bonds is 10. The van der Waals surface area contributed by atoms with Crippen LogP contribution >= 0.6 is 23.2 Å². The second-order valence-electron chi connectivity index (χ2n) is 10.6. The van der Waals surface area contributed by atoms with Gasteiger partial charge in [-0.1, -0.05) is 66.2 Å². The van der Waals surface area contributed by atoms with E-state index >= 15 is 0 Å². The van der Waals surface area contributed by atoms with Crippen LogP contribution in [0.1, 0.15) is 50.2 Å². The Balaban J connectivity index is 1.69. The van der Waals surface area contributed by atoms with Gasteiger partial charge in [0.05, 0.1) is 10.6 Å². The summed E-state index contributed by atoms with van der Waals surface area (Å²) in [4.78, 5) is 28.6. The predicted octanol–water partition coefficient (Wildman–Crippen LogP) is 6.50. The fraction of sp³-hybridized carbons (Fsp3) is 0.355. The Hall–Kier alpha value is -3.14. The van der Waals surface area contributed by atoms with E-state index in [1.807, 2.05) is 6.92 Å². The first kappa shape index (κ1) is 31.8. The molecule has 0 aromatic heterocycles. The number of carbonyl (C=O) groups is 2. The first-order valence-corrected chi connectivity index (χ1v) is 16.0. The minimum Gasteiger partial charge on any atom is -0.352 e. The molecule has 4 rings (SSSR count). The van der Waals surface area contributed by atoms with Crippen LogP contribution in [-0.2, 0) is 26.2 Å². The van der Waals surface area contributed by atoms with Crippen LogP contribution in [0.15, 0.2) is 71.6 Å². The average molecular weight is 635 g/mol. The largest absolute Gasteiger partial charge is 0.352 e. The molecule has 0 saturated heterocycles. The van der Waals surface area contributed by atoms with Gasteiger partial charge in [0, 0.05) is 22.6 Å². The number of sulfonamides is 1. The van der Waals surface area contributed by atoms with Crippen molar-refractivity contribution in [2.75, 3.05) is 10.8 Å². The minimum absolute atomic E-state index is 0.0210. The van der Waals surface area contributed by atoms with Crippen molar-refractivity contribution in [1.82, 2.24) is 10.2 Å². The quantitative estimate of drug-likeness (QED) is 0.276. The third kappa shape index (κ3) is 7.82. The van der Waals surface area contributed by atoms with Gasteiger partial charge in [-0.2, -0.15) is 0 Å². The van der Waals surface area contributed by atoms with Gasteiger partial charge in [0.1, 0.15) is 18.4 Å². The zero-order valence-electron chi connectivity index (χ0n) is 23.5. The SMILES string of the molecule is Cc1ccc(N(CC(=O)N(Cc2ccc(Cl)cc2Cl)C(C)C(=O)NC2CCCCC2)S(=O)(=O)c2ccc(F)cc2)cc1. The minimum atomic E-state index is -4.29. The average Bonchev–Trinajstić information content (AvgIpc) is 2.96. The fourth-order valence-corrected chi connectivity index (χ4v) is 6.84. The van der Waals surface area contributed by atoms with E-state index in [2.05, 4.69) is 5.32 Å². The van der Waals surface area contributed by atoms with Crippen molar-refractivity contribution in [3.8, 4) is 0 Å². The Labute approximate surface area is 256 Å². The highest BCUT2D eigenvalue weighted by Crippen LogP contribution is 2.27. The van der Waals surface area contributed by atoms with Crippen LogP contribution in [0.2, 0.25) is 10.0 Å². The van der Waals surface area contributed by atoms with Crippen molar-refractivity contribution in [3.63, 3.8) is 0 Å². The summed E-state index contributed by atoms with van der Waals surface area (Å²) in [5.41, 5.74) is 1.70. The number of amides is 2. The lowest BCUT2D eigenvalue weighted by Crippen LogP contribution is -2.53. The Morgan fingerprint density at radius 3 is 2.24 bits per heavy atom. The summed E-state index contributed by atoms with van der Waals surface area (Å²) >= 11 is 12.5. The number of halogens is 3. The molecule has 3 aromatic carbocycles. The molecule has 224 valence electrons. The van der Waals surface area contributed by atoms with Crippen LogP contribution in [0.25, 0.3) is 0 Å². The summed E-state index contributed by atoms with van der Waals surface area (Å²) in [5.74, 6) is -1.53. The molecule has 1 unspecified atom stereocenters. The van der Waals surface area contributed by atoms with E-state index in [1.165, 1.54) is 4.90 Å². The van der Waals surface area contributed by atoms with Gasteiger partial charge in [-0.15, -0.1) is 0 Å². The van der Waals surface area contributed by atoms with Gasteiger partial charge < -0.3 is 10.2 Å². The topological polar surface area (TPSA) is 86.8 Å². The number of hydrogen-bond donors (Lipinski definition) is 1. The van der Waals surface area contributed by atoms with Crippen molar-refractivity contribution in [2.45, 2.75) is 69.5 Å². The Morgan fingerprint density at radius 2 is 1.62 bits per heavy atom. The normalized spacial score (nSPS) is 14.7. The molecular formula is C31H34Cl2FN3O4S. The molecule has 0 aliphatic heterocycles. The molecule has 0 spiro atoms. The van der Waals surface area contributed by atoms with Gasteiger partial charge >= 0.3 is 0 Å². The summed E-state index contributed by atoms with van der Waals surface area (Å²) in [7, 11) is -4.29. The summed E-state index contributed by atoms with van der Waals surface area (Å²) in [5, 5.41) is 3.79. The van der Waals surface area contributed by atoms with Gasteiger partial charge in [-0.05, 0) is 80.8 Å². The summed E-state index contributed by atoms with van der Waals surface area (Å²) in [6.45, 7) is 2.82. The molecule has 0 radical (unpaired) electrons. The predicted molar refractivity (Wildman–Crippen MR) is 164 cm³/mol. The Kier molecular flexibility index (Phi) is 10.5. The Morgan fingerprint density at radius 1 is 0.976 bits per heavy atom. The van der Waals surface area contributed by atoms with Gasteiger partial charge in [-0.25, -0.2) is 12.8 Å². The first-order chi connectivity index (χ1) is 20.0. The van der Waals surface area contributed by atoms with E-state index in [0.29, 0.717) is 15.6 Å². The summed E-state index contributed by atoms with van der Waals surface area (Å²) in [6.07, 6.45) is 4.91.